The van der Waals surface area contributed by atoms with Crippen LogP contribution in [0.25, 0.3) is 0 Å². The molecular weight excluding hydrogens is 314 g/mol. The van der Waals surface area contributed by atoms with Gasteiger partial charge in [0.25, 0.3) is 5.91 Å². The van der Waals surface area contributed by atoms with Crippen molar-refractivity contribution in [3.63, 3.8) is 0 Å². The number of hydrogen-bond acceptors (Lipinski definition) is 3. The molecule has 1 aromatic carbocycles. The summed E-state index contributed by atoms with van der Waals surface area (Å²) >= 11 is 0. The number of carbonyl (C=O) groups is 1. The highest BCUT2D eigenvalue weighted by Crippen LogP contribution is 2.50. The lowest BCUT2D eigenvalue weighted by Gasteiger charge is -2.36. The third-order valence-corrected chi connectivity index (χ3v) is 6.08. The van der Waals surface area contributed by atoms with Crippen LogP contribution in [0.4, 0.5) is 8.78 Å². The fourth-order valence-corrected chi connectivity index (χ4v) is 5.18. The number of carbonyl (C=O) groups excluding carboxylic acids is 1. The van der Waals surface area contributed by atoms with Gasteiger partial charge in [0.2, 0.25) is 0 Å². The summed E-state index contributed by atoms with van der Waals surface area (Å²) < 4.78 is 33.5. The van der Waals surface area contributed by atoms with E-state index in [2.05, 4.69) is 5.32 Å². The highest BCUT2D eigenvalue weighted by atomic mass is 19.1. The minimum absolute atomic E-state index is 0.0121. The van der Waals surface area contributed by atoms with E-state index in [9.17, 15) is 13.6 Å². The fourth-order valence-electron chi connectivity index (χ4n) is 5.18. The van der Waals surface area contributed by atoms with E-state index in [1.165, 1.54) is 12.1 Å². The molecular formula is C18H20F2N2O2. The number of amides is 1. The molecule has 24 heavy (non-hydrogen) atoms. The van der Waals surface area contributed by atoms with Crippen LogP contribution >= 0.6 is 0 Å². The quantitative estimate of drug-likeness (QED) is 0.858. The number of rotatable bonds is 1. The zero-order chi connectivity index (χ0) is 16.5. The van der Waals surface area contributed by atoms with Crippen LogP contribution in [0.15, 0.2) is 18.2 Å². The van der Waals surface area contributed by atoms with Gasteiger partial charge in [-0.15, -0.1) is 0 Å². The SMILES string of the molecule is O=C1N2[C@@H](CC[C@H]2c2cc(F)cc(F)c2)OC12CC1CCC(C2)N1. The van der Waals surface area contributed by atoms with Gasteiger partial charge in [0.05, 0.1) is 6.04 Å². The van der Waals surface area contributed by atoms with E-state index in [0.717, 1.165) is 25.3 Å². The minimum atomic E-state index is -0.730. The summed E-state index contributed by atoms with van der Waals surface area (Å²) in [7, 11) is 0. The van der Waals surface area contributed by atoms with Crippen molar-refractivity contribution >= 4 is 5.91 Å². The molecule has 4 nitrogen and oxygen atoms in total. The molecule has 4 aliphatic heterocycles. The van der Waals surface area contributed by atoms with Gasteiger partial charge in [0.1, 0.15) is 17.9 Å². The van der Waals surface area contributed by atoms with Crippen LogP contribution in [0.1, 0.15) is 50.1 Å². The number of halogens is 2. The van der Waals surface area contributed by atoms with Gasteiger partial charge in [-0.2, -0.15) is 0 Å². The van der Waals surface area contributed by atoms with Gasteiger partial charge < -0.3 is 15.0 Å². The zero-order valence-corrected chi connectivity index (χ0v) is 13.3. The number of nitrogens with one attached hydrogen (secondary N) is 1. The number of hydrogen-bond donors (Lipinski definition) is 1. The molecule has 0 saturated carbocycles. The second-order valence-corrected chi connectivity index (χ2v) is 7.62. The van der Waals surface area contributed by atoms with Crippen LogP contribution in [0.5, 0.6) is 0 Å². The van der Waals surface area contributed by atoms with Crippen LogP contribution in [0, 0.1) is 11.6 Å². The summed E-state index contributed by atoms with van der Waals surface area (Å²) in [5.41, 5.74) is -0.201. The largest absolute Gasteiger partial charge is 0.342 e. The zero-order valence-electron chi connectivity index (χ0n) is 13.3. The van der Waals surface area contributed by atoms with Crippen molar-refractivity contribution in [2.45, 2.75) is 68.5 Å². The summed E-state index contributed by atoms with van der Waals surface area (Å²) in [6.45, 7) is 0. The average molecular weight is 334 g/mol. The monoisotopic (exact) mass is 334 g/mol. The van der Waals surface area contributed by atoms with Crippen molar-refractivity contribution in [2.75, 3.05) is 0 Å². The molecule has 128 valence electrons. The lowest BCUT2D eigenvalue weighted by atomic mass is 9.86. The fraction of sp³-hybridized carbons (Fsp3) is 0.611. The molecule has 4 fully saturated rings. The maximum Gasteiger partial charge on any atom is 0.257 e. The first-order valence-electron chi connectivity index (χ1n) is 8.77. The second kappa shape index (κ2) is 4.99. The molecule has 4 saturated heterocycles. The molecule has 2 bridgehead atoms. The van der Waals surface area contributed by atoms with Gasteiger partial charge >= 0.3 is 0 Å². The maximum atomic E-state index is 13.6. The summed E-state index contributed by atoms with van der Waals surface area (Å²) in [5, 5.41) is 3.54. The Balaban J connectivity index is 1.47. The van der Waals surface area contributed by atoms with Gasteiger partial charge in [0, 0.05) is 31.0 Å². The second-order valence-electron chi connectivity index (χ2n) is 7.62. The lowest BCUT2D eigenvalue weighted by Crippen LogP contribution is -2.53. The molecule has 0 aromatic heterocycles. The van der Waals surface area contributed by atoms with Gasteiger partial charge in [-0.05, 0) is 43.4 Å². The van der Waals surface area contributed by atoms with Gasteiger partial charge in [-0.3, -0.25) is 4.79 Å². The summed E-state index contributed by atoms with van der Waals surface area (Å²) in [6.07, 6.45) is 4.74. The highest BCUT2D eigenvalue weighted by Gasteiger charge is 2.60. The smallest absolute Gasteiger partial charge is 0.257 e. The Morgan fingerprint density at radius 1 is 1.04 bits per heavy atom. The Labute approximate surface area is 139 Å². The van der Waals surface area contributed by atoms with Gasteiger partial charge in [-0.25, -0.2) is 8.78 Å². The molecule has 4 aliphatic rings. The maximum absolute atomic E-state index is 13.6. The number of benzene rings is 1. The number of ether oxygens (including phenoxy) is 1. The van der Waals surface area contributed by atoms with Crippen LogP contribution in [-0.4, -0.2) is 34.7 Å². The van der Waals surface area contributed by atoms with Crippen molar-refractivity contribution in [3.8, 4) is 0 Å². The Kier molecular flexibility index (Phi) is 3.07. The molecule has 1 N–H and O–H groups in total. The molecule has 1 amide bonds. The molecule has 0 radical (unpaired) electrons. The Bertz CT molecular complexity index is 678. The standard InChI is InChI=1S/C18H20F2N2O2/c19-11-5-10(6-12(20)7-11)15-3-4-16-22(15)17(23)18(24-16)8-13-1-2-14(9-18)21-13/h5-7,13-16,21H,1-4,8-9H2/t13?,14?,15-,16+,18?/m0/s1. The Morgan fingerprint density at radius 3 is 2.38 bits per heavy atom. The van der Waals surface area contributed by atoms with Crippen LogP contribution in [0.3, 0.4) is 0 Å². The van der Waals surface area contributed by atoms with E-state index in [1.54, 1.807) is 4.90 Å². The number of piperidine rings is 1. The predicted molar refractivity (Wildman–Crippen MR) is 82.0 cm³/mol. The number of nitrogens with zero attached hydrogens (tertiary/aromatic N) is 1. The van der Waals surface area contributed by atoms with E-state index in [-0.39, 0.29) is 18.2 Å². The molecule has 1 aromatic rings. The van der Waals surface area contributed by atoms with E-state index in [4.69, 9.17) is 4.74 Å². The van der Waals surface area contributed by atoms with Crippen molar-refractivity contribution in [3.05, 3.63) is 35.4 Å². The third-order valence-electron chi connectivity index (χ3n) is 6.08. The topological polar surface area (TPSA) is 41.6 Å². The highest BCUT2D eigenvalue weighted by molar-refractivity contribution is 5.88. The summed E-state index contributed by atoms with van der Waals surface area (Å²) in [5.74, 6) is -1.19. The molecule has 4 heterocycles. The molecule has 4 atom stereocenters. The van der Waals surface area contributed by atoms with Crippen LogP contribution in [0.2, 0.25) is 0 Å². The van der Waals surface area contributed by atoms with E-state index < -0.39 is 17.2 Å². The lowest BCUT2D eigenvalue weighted by molar-refractivity contribution is -0.142. The van der Waals surface area contributed by atoms with E-state index in [1.807, 2.05) is 0 Å². The van der Waals surface area contributed by atoms with E-state index in [0.29, 0.717) is 36.9 Å². The first-order chi connectivity index (χ1) is 11.5. The summed E-state index contributed by atoms with van der Waals surface area (Å²) in [6, 6.07) is 3.93. The van der Waals surface area contributed by atoms with Crippen molar-refractivity contribution in [1.29, 1.82) is 0 Å². The normalized spacial score (nSPS) is 40.6. The molecule has 1 spiro atoms. The first-order valence-corrected chi connectivity index (χ1v) is 8.77. The van der Waals surface area contributed by atoms with E-state index >= 15 is 0 Å². The van der Waals surface area contributed by atoms with Crippen LogP contribution < -0.4 is 5.32 Å². The third kappa shape index (κ3) is 2.05. The molecule has 2 unspecified atom stereocenters. The van der Waals surface area contributed by atoms with Crippen LogP contribution in [-0.2, 0) is 9.53 Å². The minimum Gasteiger partial charge on any atom is -0.342 e. The Hall–Kier alpha value is -1.53. The average Bonchev–Trinajstić information content (AvgIpc) is 3.15. The first kappa shape index (κ1) is 14.8. The van der Waals surface area contributed by atoms with Gasteiger partial charge in [0.15, 0.2) is 5.60 Å². The number of fused-ring (bicyclic) bond motifs is 3. The van der Waals surface area contributed by atoms with Crippen molar-refractivity contribution in [2.24, 2.45) is 0 Å². The molecule has 6 heteroatoms. The summed E-state index contributed by atoms with van der Waals surface area (Å²) in [4.78, 5) is 15.0. The molecule has 5 rings (SSSR count). The van der Waals surface area contributed by atoms with Gasteiger partial charge in [-0.1, -0.05) is 0 Å². The van der Waals surface area contributed by atoms with Crippen molar-refractivity contribution in [1.82, 2.24) is 10.2 Å². The Morgan fingerprint density at radius 2 is 1.71 bits per heavy atom. The van der Waals surface area contributed by atoms with Crippen molar-refractivity contribution < 1.29 is 18.3 Å². The molecule has 0 aliphatic carbocycles. The predicted octanol–water partition coefficient (Wildman–Crippen LogP) is 2.64.